The lowest BCUT2D eigenvalue weighted by Crippen LogP contribution is -2.38. The number of nitrogens with one attached hydrogen (secondary N) is 2. The van der Waals surface area contributed by atoms with Crippen molar-refractivity contribution in [3.8, 4) is 0 Å². The number of furan rings is 1. The normalized spacial score (nSPS) is 17.0. The highest BCUT2D eigenvalue weighted by atomic mass is 16.3. The average molecular weight is 320 g/mol. The van der Waals surface area contributed by atoms with E-state index in [1.54, 1.807) is 6.26 Å². The zero-order valence-electron chi connectivity index (χ0n) is 14.5. The Morgan fingerprint density at radius 1 is 1.22 bits per heavy atom. The number of likely N-dealkylation sites (tertiary alicyclic amines) is 1. The monoisotopic (exact) mass is 320 g/mol. The number of nitrogens with zero attached hydrogens (tertiary/aromatic N) is 2. The summed E-state index contributed by atoms with van der Waals surface area (Å²) >= 11 is 0. The fraction of sp³-hybridized carbons (Fsp3) is 0.722. The van der Waals surface area contributed by atoms with Crippen LogP contribution in [0.15, 0.2) is 27.8 Å². The molecular weight excluding hydrogens is 288 g/mol. The quantitative estimate of drug-likeness (QED) is 0.439. The first kappa shape index (κ1) is 17.9. The van der Waals surface area contributed by atoms with Crippen LogP contribution in [0.5, 0.6) is 0 Å². The van der Waals surface area contributed by atoms with Gasteiger partial charge in [-0.15, -0.1) is 0 Å². The molecule has 1 aromatic heterocycles. The van der Waals surface area contributed by atoms with Crippen molar-refractivity contribution in [3.05, 3.63) is 24.2 Å². The molecule has 2 N–H and O–H groups in total. The standard InChI is InChI=1S/C18H32N4O/c1-2-19-18(21-12-10-17-9-7-16-23-17)20-11-8-15-22-13-5-3-4-6-14-22/h7,9,16H,2-6,8,10-15H2,1H3,(H2,19,20,21). The van der Waals surface area contributed by atoms with Gasteiger partial charge in [0.05, 0.1) is 6.26 Å². The molecule has 1 aromatic rings. The molecule has 5 nitrogen and oxygen atoms in total. The van der Waals surface area contributed by atoms with E-state index in [1.165, 1.54) is 45.3 Å². The number of guanidine groups is 1. The fourth-order valence-corrected chi connectivity index (χ4v) is 2.95. The van der Waals surface area contributed by atoms with E-state index in [9.17, 15) is 0 Å². The van der Waals surface area contributed by atoms with Crippen molar-refractivity contribution in [2.75, 3.05) is 39.3 Å². The number of hydrogen-bond acceptors (Lipinski definition) is 3. The van der Waals surface area contributed by atoms with Crippen LogP contribution in [-0.2, 0) is 6.42 Å². The average Bonchev–Trinajstić information content (AvgIpc) is 2.94. The highest BCUT2D eigenvalue weighted by Gasteiger charge is 2.07. The molecule has 1 aliphatic rings. The van der Waals surface area contributed by atoms with Gasteiger partial charge in [0.15, 0.2) is 5.96 Å². The molecule has 0 amide bonds. The lowest BCUT2D eigenvalue weighted by atomic mass is 10.2. The van der Waals surface area contributed by atoms with Crippen molar-refractivity contribution in [2.24, 2.45) is 4.99 Å². The van der Waals surface area contributed by atoms with Crippen LogP contribution in [0.1, 0.15) is 44.8 Å². The largest absolute Gasteiger partial charge is 0.469 e. The zero-order chi connectivity index (χ0) is 16.2. The first-order chi connectivity index (χ1) is 11.4. The maximum Gasteiger partial charge on any atom is 0.191 e. The molecule has 0 spiro atoms. The van der Waals surface area contributed by atoms with Crippen molar-refractivity contribution in [1.29, 1.82) is 0 Å². The molecule has 130 valence electrons. The molecule has 23 heavy (non-hydrogen) atoms. The van der Waals surface area contributed by atoms with E-state index in [0.29, 0.717) is 0 Å². The molecule has 0 atom stereocenters. The van der Waals surface area contributed by atoms with Crippen LogP contribution in [0, 0.1) is 0 Å². The van der Waals surface area contributed by atoms with Gasteiger partial charge in [0.1, 0.15) is 5.76 Å². The van der Waals surface area contributed by atoms with Crippen molar-refractivity contribution in [1.82, 2.24) is 15.5 Å². The molecule has 1 fully saturated rings. The summed E-state index contributed by atoms with van der Waals surface area (Å²) in [5.41, 5.74) is 0. The zero-order valence-corrected chi connectivity index (χ0v) is 14.5. The SMILES string of the molecule is CCNC(=NCCCN1CCCCCC1)NCCc1ccco1. The van der Waals surface area contributed by atoms with Gasteiger partial charge in [-0.1, -0.05) is 12.8 Å². The van der Waals surface area contributed by atoms with Crippen molar-refractivity contribution in [3.63, 3.8) is 0 Å². The Bertz CT molecular complexity index is 422. The molecule has 5 heteroatoms. The lowest BCUT2D eigenvalue weighted by Gasteiger charge is -2.19. The van der Waals surface area contributed by atoms with Gasteiger partial charge in [0.2, 0.25) is 0 Å². The Hall–Kier alpha value is -1.49. The molecule has 2 heterocycles. The summed E-state index contributed by atoms with van der Waals surface area (Å²) in [5, 5.41) is 6.68. The van der Waals surface area contributed by atoms with E-state index in [0.717, 1.165) is 44.2 Å². The fourth-order valence-electron chi connectivity index (χ4n) is 2.95. The van der Waals surface area contributed by atoms with Crippen LogP contribution in [0.2, 0.25) is 0 Å². The summed E-state index contributed by atoms with van der Waals surface area (Å²) in [6.07, 6.45) is 9.26. The number of hydrogen-bond donors (Lipinski definition) is 2. The van der Waals surface area contributed by atoms with Gasteiger partial charge in [-0.25, -0.2) is 0 Å². The van der Waals surface area contributed by atoms with E-state index >= 15 is 0 Å². The van der Waals surface area contributed by atoms with Crippen LogP contribution in [0.4, 0.5) is 0 Å². The second kappa shape index (κ2) is 11.1. The number of aliphatic imine (C=N–C) groups is 1. The topological polar surface area (TPSA) is 52.8 Å². The Morgan fingerprint density at radius 2 is 2.04 bits per heavy atom. The van der Waals surface area contributed by atoms with Gasteiger partial charge in [0.25, 0.3) is 0 Å². The maximum absolute atomic E-state index is 5.35. The first-order valence-electron chi connectivity index (χ1n) is 9.15. The van der Waals surface area contributed by atoms with Crippen LogP contribution in [-0.4, -0.2) is 50.1 Å². The lowest BCUT2D eigenvalue weighted by molar-refractivity contribution is 0.283. The van der Waals surface area contributed by atoms with Gasteiger partial charge in [-0.2, -0.15) is 0 Å². The second-order valence-corrected chi connectivity index (χ2v) is 6.13. The highest BCUT2D eigenvalue weighted by Crippen LogP contribution is 2.09. The van der Waals surface area contributed by atoms with E-state index in [2.05, 4.69) is 27.4 Å². The molecule has 0 unspecified atom stereocenters. The van der Waals surface area contributed by atoms with Gasteiger partial charge >= 0.3 is 0 Å². The summed E-state index contributed by atoms with van der Waals surface area (Å²) in [4.78, 5) is 7.27. The highest BCUT2D eigenvalue weighted by molar-refractivity contribution is 5.79. The predicted octanol–water partition coefficient (Wildman–Crippen LogP) is 2.64. The summed E-state index contributed by atoms with van der Waals surface area (Å²) in [6, 6.07) is 3.93. The predicted molar refractivity (Wildman–Crippen MR) is 95.9 cm³/mol. The Kier molecular flexibility index (Phi) is 8.62. The molecule has 0 aromatic carbocycles. The van der Waals surface area contributed by atoms with Crippen molar-refractivity contribution in [2.45, 2.75) is 45.4 Å². The van der Waals surface area contributed by atoms with Gasteiger partial charge in [0, 0.05) is 26.1 Å². The molecule has 0 radical (unpaired) electrons. The first-order valence-corrected chi connectivity index (χ1v) is 9.15. The third-order valence-electron chi connectivity index (χ3n) is 4.19. The second-order valence-electron chi connectivity index (χ2n) is 6.13. The minimum atomic E-state index is 0.839. The van der Waals surface area contributed by atoms with Gasteiger partial charge in [-0.05, 0) is 58.0 Å². The Balaban J connectivity index is 1.63. The summed E-state index contributed by atoms with van der Waals surface area (Å²) in [5.74, 6) is 1.92. The minimum Gasteiger partial charge on any atom is -0.469 e. The minimum absolute atomic E-state index is 0.839. The molecule has 1 aliphatic heterocycles. The summed E-state index contributed by atoms with van der Waals surface area (Å²) in [7, 11) is 0. The Labute approximate surface area is 140 Å². The van der Waals surface area contributed by atoms with E-state index in [4.69, 9.17) is 4.42 Å². The molecule has 1 saturated heterocycles. The Morgan fingerprint density at radius 3 is 2.74 bits per heavy atom. The van der Waals surface area contributed by atoms with E-state index in [1.807, 2.05) is 12.1 Å². The molecule has 0 saturated carbocycles. The van der Waals surface area contributed by atoms with Gasteiger partial charge < -0.3 is 20.0 Å². The van der Waals surface area contributed by atoms with Crippen molar-refractivity contribution < 1.29 is 4.42 Å². The molecular formula is C18H32N4O. The van der Waals surface area contributed by atoms with Gasteiger partial charge in [-0.3, -0.25) is 4.99 Å². The smallest absolute Gasteiger partial charge is 0.191 e. The van der Waals surface area contributed by atoms with Crippen LogP contribution in [0.3, 0.4) is 0 Å². The van der Waals surface area contributed by atoms with Crippen LogP contribution < -0.4 is 10.6 Å². The number of rotatable bonds is 8. The summed E-state index contributed by atoms with van der Waals surface area (Å²) < 4.78 is 5.35. The molecule has 2 rings (SSSR count). The molecule has 0 bridgehead atoms. The van der Waals surface area contributed by atoms with Crippen LogP contribution >= 0.6 is 0 Å². The van der Waals surface area contributed by atoms with Crippen molar-refractivity contribution >= 4 is 5.96 Å². The molecule has 0 aliphatic carbocycles. The van der Waals surface area contributed by atoms with Crippen LogP contribution in [0.25, 0.3) is 0 Å². The third kappa shape index (κ3) is 7.55. The summed E-state index contributed by atoms with van der Waals surface area (Å²) in [6.45, 7) is 8.42. The third-order valence-corrected chi connectivity index (χ3v) is 4.19. The van der Waals surface area contributed by atoms with E-state index in [-0.39, 0.29) is 0 Å². The maximum atomic E-state index is 5.35. The van der Waals surface area contributed by atoms with E-state index < -0.39 is 0 Å².